The molecule has 0 radical (unpaired) electrons. The number of amides is 1. The third-order valence-corrected chi connectivity index (χ3v) is 2.92. The summed E-state index contributed by atoms with van der Waals surface area (Å²) in [5.74, 6) is -1.14. The van der Waals surface area contributed by atoms with Crippen molar-refractivity contribution in [1.82, 2.24) is 10.3 Å². The molecule has 0 aromatic carbocycles. The summed E-state index contributed by atoms with van der Waals surface area (Å²) >= 11 is 1.01. The van der Waals surface area contributed by atoms with Crippen LogP contribution >= 0.6 is 11.3 Å². The summed E-state index contributed by atoms with van der Waals surface area (Å²) in [6.07, 6.45) is 2.14. The van der Waals surface area contributed by atoms with E-state index in [9.17, 15) is 9.59 Å². The second kappa shape index (κ2) is 6.19. The van der Waals surface area contributed by atoms with Crippen molar-refractivity contribution in [3.05, 3.63) is 11.1 Å². The molecule has 1 aromatic heterocycles. The molecule has 1 amide bonds. The summed E-state index contributed by atoms with van der Waals surface area (Å²) in [7, 11) is 0. The number of carbonyl (C=O) groups is 2. The highest BCUT2D eigenvalue weighted by Gasteiger charge is 2.15. The first-order valence-corrected chi connectivity index (χ1v) is 6.09. The maximum absolute atomic E-state index is 11.5. The molecule has 94 valence electrons. The standard InChI is InChI=1S/C10H15N3O3S/c1-3-4-11-8(14)6(2)13-10-12-5-7(17-10)9(15)16/h5-6H,3-4H2,1-2H3,(H,11,14)(H,12,13)(H,15,16). The zero-order valence-electron chi connectivity index (χ0n) is 9.69. The predicted molar refractivity (Wildman–Crippen MR) is 65.5 cm³/mol. The molecule has 1 heterocycles. The Morgan fingerprint density at radius 1 is 1.59 bits per heavy atom. The van der Waals surface area contributed by atoms with Gasteiger partial charge in [-0.05, 0) is 13.3 Å². The Morgan fingerprint density at radius 2 is 2.29 bits per heavy atom. The Morgan fingerprint density at radius 3 is 2.82 bits per heavy atom. The van der Waals surface area contributed by atoms with E-state index in [2.05, 4.69) is 15.6 Å². The second-order valence-electron chi connectivity index (χ2n) is 3.49. The molecule has 1 unspecified atom stereocenters. The molecule has 1 aromatic rings. The van der Waals surface area contributed by atoms with Crippen LogP contribution in [-0.2, 0) is 4.79 Å². The second-order valence-corrected chi connectivity index (χ2v) is 4.52. The molecule has 0 aliphatic heterocycles. The quantitative estimate of drug-likeness (QED) is 0.711. The SMILES string of the molecule is CCCNC(=O)C(C)Nc1ncc(C(=O)O)s1. The van der Waals surface area contributed by atoms with Gasteiger partial charge in [-0.3, -0.25) is 4.79 Å². The summed E-state index contributed by atoms with van der Waals surface area (Å²) in [5.41, 5.74) is 0. The van der Waals surface area contributed by atoms with Gasteiger partial charge in [-0.1, -0.05) is 18.3 Å². The van der Waals surface area contributed by atoms with E-state index in [1.807, 2.05) is 6.92 Å². The van der Waals surface area contributed by atoms with E-state index in [-0.39, 0.29) is 10.8 Å². The minimum Gasteiger partial charge on any atom is -0.477 e. The first-order chi connectivity index (χ1) is 8.04. The number of carboxylic acids is 1. The van der Waals surface area contributed by atoms with Crippen LogP contribution in [0.1, 0.15) is 29.9 Å². The third-order valence-electron chi connectivity index (χ3n) is 2.00. The van der Waals surface area contributed by atoms with Crippen LogP contribution in [0.4, 0.5) is 5.13 Å². The molecule has 17 heavy (non-hydrogen) atoms. The molecule has 0 spiro atoms. The van der Waals surface area contributed by atoms with Gasteiger partial charge < -0.3 is 15.7 Å². The molecule has 3 N–H and O–H groups in total. The van der Waals surface area contributed by atoms with Gasteiger partial charge in [-0.25, -0.2) is 9.78 Å². The smallest absolute Gasteiger partial charge is 0.347 e. The minimum atomic E-state index is -1.02. The highest BCUT2D eigenvalue weighted by atomic mass is 32.1. The van der Waals surface area contributed by atoms with Crippen LogP contribution < -0.4 is 10.6 Å². The lowest BCUT2D eigenvalue weighted by Crippen LogP contribution is -2.37. The fourth-order valence-electron chi connectivity index (χ4n) is 1.09. The molecule has 0 aliphatic carbocycles. The van der Waals surface area contributed by atoms with Crippen molar-refractivity contribution < 1.29 is 14.7 Å². The minimum absolute atomic E-state index is 0.126. The molecule has 0 saturated heterocycles. The van der Waals surface area contributed by atoms with Crippen molar-refractivity contribution >= 4 is 28.3 Å². The molecule has 1 rings (SSSR count). The first kappa shape index (κ1) is 13.4. The van der Waals surface area contributed by atoms with Gasteiger partial charge in [0.25, 0.3) is 0 Å². The van der Waals surface area contributed by atoms with Gasteiger partial charge in [-0.2, -0.15) is 0 Å². The van der Waals surface area contributed by atoms with Crippen molar-refractivity contribution in [1.29, 1.82) is 0 Å². The number of carbonyl (C=O) groups excluding carboxylic acids is 1. The largest absolute Gasteiger partial charge is 0.477 e. The average Bonchev–Trinajstić information content (AvgIpc) is 2.74. The zero-order chi connectivity index (χ0) is 12.8. The molecule has 6 nitrogen and oxygen atoms in total. The Bertz CT molecular complexity index is 405. The molecule has 0 fully saturated rings. The Kier molecular flexibility index (Phi) is 4.89. The van der Waals surface area contributed by atoms with Crippen LogP contribution in [-0.4, -0.2) is 34.6 Å². The van der Waals surface area contributed by atoms with Crippen molar-refractivity contribution in [2.24, 2.45) is 0 Å². The van der Waals surface area contributed by atoms with Gasteiger partial charge in [0.1, 0.15) is 10.9 Å². The molecular formula is C10H15N3O3S. The summed E-state index contributed by atoms with van der Waals surface area (Å²) in [5, 5.41) is 14.8. The summed E-state index contributed by atoms with van der Waals surface area (Å²) in [6, 6.07) is -0.436. The van der Waals surface area contributed by atoms with Crippen molar-refractivity contribution in [2.45, 2.75) is 26.3 Å². The van der Waals surface area contributed by atoms with Crippen molar-refractivity contribution in [3.8, 4) is 0 Å². The fourth-order valence-corrected chi connectivity index (χ4v) is 1.83. The van der Waals surface area contributed by atoms with Crippen LogP contribution in [0, 0.1) is 0 Å². The Labute approximate surface area is 103 Å². The van der Waals surface area contributed by atoms with E-state index < -0.39 is 12.0 Å². The van der Waals surface area contributed by atoms with E-state index in [1.54, 1.807) is 6.92 Å². The molecule has 0 aliphatic rings. The number of nitrogens with zero attached hydrogens (tertiary/aromatic N) is 1. The van der Waals surface area contributed by atoms with Gasteiger partial charge in [-0.15, -0.1) is 0 Å². The maximum Gasteiger partial charge on any atom is 0.347 e. The lowest BCUT2D eigenvalue weighted by atomic mass is 10.3. The van der Waals surface area contributed by atoms with Gasteiger partial charge in [0.15, 0.2) is 5.13 Å². The fraction of sp³-hybridized carbons (Fsp3) is 0.500. The lowest BCUT2D eigenvalue weighted by molar-refractivity contribution is -0.121. The topological polar surface area (TPSA) is 91.3 Å². The molecular weight excluding hydrogens is 242 g/mol. The average molecular weight is 257 g/mol. The van der Waals surface area contributed by atoms with Gasteiger partial charge >= 0.3 is 5.97 Å². The summed E-state index contributed by atoms with van der Waals surface area (Å²) < 4.78 is 0. The number of anilines is 1. The predicted octanol–water partition coefficient (Wildman–Crippen LogP) is 1.17. The van der Waals surface area contributed by atoms with E-state index in [0.717, 1.165) is 17.8 Å². The van der Waals surface area contributed by atoms with E-state index in [0.29, 0.717) is 11.7 Å². The van der Waals surface area contributed by atoms with Crippen LogP contribution in [0.2, 0.25) is 0 Å². The number of hydrogen-bond donors (Lipinski definition) is 3. The maximum atomic E-state index is 11.5. The molecule has 0 saturated carbocycles. The number of hydrogen-bond acceptors (Lipinski definition) is 5. The highest BCUT2D eigenvalue weighted by Crippen LogP contribution is 2.18. The summed E-state index contributed by atoms with van der Waals surface area (Å²) in [6.45, 7) is 4.30. The Balaban J connectivity index is 2.52. The van der Waals surface area contributed by atoms with Crippen molar-refractivity contribution in [3.63, 3.8) is 0 Å². The first-order valence-electron chi connectivity index (χ1n) is 5.28. The van der Waals surface area contributed by atoms with Crippen LogP contribution in [0.25, 0.3) is 0 Å². The van der Waals surface area contributed by atoms with Crippen LogP contribution in [0.3, 0.4) is 0 Å². The highest BCUT2D eigenvalue weighted by molar-refractivity contribution is 7.17. The van der Waals surface area contributed by atoms with Crippen LogP contribution in [0.15, 0.2) is 6.20 Å². The Hall–Kier alpha value is -1.63. The van der Waals surface area contributed by atoms with E-state index in [4.69, 9.17) is 5.11 Å². The monoisotopic (exact) mass is 257 g/mol. The number of carboxylic acid groups (broad SMARTS) is 1. The van der Waals surface area contributed by atoms with Gasteiger partial charge in [0, 0.05) is 6.54 Å². The number of thiazole rings is 1. The van der Waals surface area contributed by atoms with Crippen LogP contribution in [0.5, 0.6) is 0 Å². The number of nitrogens with one attached hydrogen (secondary N) is 2. The zero-order valence-corrected chi connectivity index (χ0v) is 10.5. The lowest BCUT2D eigenvalue weighted by Gasteiger charge is -2.12. The third kappa shape index (κ3) is 4.03. The number of aromatic nitrogens is 1. The number of aromatic carboxylic acids is 1. The molecule has 7 heteroatoms. The molecule has 1 atom stereocenters. The van der Waals surface area contributed by atoms with E-state index >= 15 is 0 Å². The van der Waals surface area contributed by atoms with Gasteiger partial charge in [0.2, 0.25) is 5.91 Å². The van der Waals surface area contributed by atoms with Crippen molar-refractivity contribution in [2.75, 3.05) is 11.9 Å². The summed E-state index contributed by atoms with van der Waals surface area (Å²) in [4.78, 5) is 26.2. The molecule has 0 bridgehead atoms. The van der Waals surface area contributed by atoms with Gasteiger partial charge in [0.05, 0.1) is 6.20 Å². The normalized spacial score (nSPS) is 11.9. The number of rotatable bonds is 6. The van der Waals surface area contributed by atoms with E-state index in [1.165, 1.54) is 6.20 Å².